The van der Waals surface area contributed by atoms with Gasteiger partial charge in [-0.1, -0.05) is 49.6 Å². The van der Waals surface area contributed by atoms with Crippen molar-refractivity contribution in [3.05, 3.63) is 71.9 Å². The third-order valence-electron chi connectivity index (χ3n) is 8.19. The van der Waals surface area contributed by atoms with E-state index in [0.717, 1.165) is 37.8 Å². The van der Waals surface area contributed by atoms with Gasteiger partial charge in [0.15, 0.2) is 0 Å². The van der Waals surface area contributed by atoms with E-state index in [-0.39, 0.29) is 41.5 Å². The van der Waals surface area contributed by atoms with E-state index in [9.17, 15) is 23.3 Å². The maximum Gasteiger partial charge on any atom is 0.309 e. The summed E-state index contributed by atoms with van der Waals surface area (Å²) in [6.45, 7) is 2.48. The summed E-state index contributed by atoms with van der Waals surface area (Å²) in [4.78, 5) is 25.3. The molecule has 0 spiro atoms. The number of nitrogens with one attached hydrogen (secondary N) is 1. The number of amides is 1. The van der Waals surface area contributed by atoms with Gasteiger partial charge < -0.3 is 10.1 Å². The number of carbonyl (C=O) groups is 2. The topological polar surface area (TPSA) is 134 Å². The Morgan fingerprint density at radius 1 is 1.05 bits per heavy atom. The zero-order valence-electron chi connectivity index (χ0n) is 24.8. The number of esters is 1. The third kappa shape index (κ3) is 7.09. The van der Waals surface area contributed by atoms with Gasteiger partial charge in [0, 0.05) is 36.5 Å². The maximum atomic E-state index is 13.7. The largest absolute Gasteiger partial charge is 0.466 e. The molecule has 11 heteroatoms. The highest BCUT2D eigenvalue weighted by Gasteiger charge is 2.33. The minimum atomic E-state index is -3.85. The van der Waals surface area contributed by atoms with Crippen molar-refractivity contribution in [2.24, 2.45) is 5.92 Å². The number of hydrogen-bond donors (Lipinski definition) is 1. The SMILES string of the molecule is CCOC(=O)C1CCN(S(=O)(=O)c2cccc(-c3nn(-c4ccccc4)cc3C=C(C#N)C(=O)NC3CCCCC3)c2)CC1. The number of sulfonamides is 1. The monoisotopic (exact) mass is 615 g/mol. The maximum absolute atomic E-state index is 13.7. The molecule has 1 aliphatic heterocycles. The second kappa shape index (κ2) is 14.0. The van der Waals surface area contributed by atoms with Crippen molar-refractivity contribution in [1.29, 1.82) is 5.26 Å². The van der Waals surface area contributed by atoms with Gasteiger partial charge in [-0.2, -0.15) is 14.7 Å². The van der Waals surface area contributed by atoms with Gasteiger partial charge in [-0.25, -0.2) is 13.1 Å². The number of aromatic nitrogens is 2. The number of piperidine rings is 1. The summed E-state index contributed by atoms with van der Waals surface area (Å²) in [5.74, 6) is -1.03. The number of nitrogens with zero attached hydrogens (tertiary/aromatic N) is 4. The van der Waals surface area contributed by atoms with E-state index < -0.39 is 15.9 Å². The molecule has 0 unspecified atom stereocenters. The zero-order chi connectivity index (χ0) is 31.1. The van der Waals surface area contributed by atoms with Crippen LogP contribution < -0.4 is 5.32 Å². The summed E-state index contributed by atoms with van der Waals surface area (Å²) in [6.07, 6.45) is 9.07. The number of nitriles is 1. The summed E-state index contributed by atoms with van der Waals surface area (Å²) in [6, 6.07) is 18.0. The predicted molar refractivity (Wildman–Crippen MR) is 166 cm³/mol. The van der Waals surface area contributed by atoms with Crippen molar-refractivity contribution in [2.45, 2.75) is 62.8 Å². The molecule has 230 valence electrons. The van der Waals surface area contributed by atoms with Crippen LogP contribution in [-0.2, 0) is 24.3 Å². The van der Waals surface area contributed by atoms with Crippen molar-refractivity contribution in [2.75, 3.05) is 19.7 Å². The fraction of sp³-hybridized carbons (Fsp3) is 0.394. The Labute approximate surface area is 258 Å². The molecule has 5 rings (SSSR count). The molecule has 2 heterocycles. The molecular formula is C33H37N5O5S. The van der Waals surface area contributed by atoms with Crippen LogP contribution in [0.2, 0.25) is 0 Å². The number of benzene rings is 2. The molecule has 3 aromatic rings. The van der Waals surface area contributed by atoms with Crippen LogP contribution in [0.15, 0.2) is 71.3 Å². The summed E-state index contributed by atoms with van der Waals surface area (Å²) in [5.41, 5.74) is 2.20. The van der Waals surface area contributed by atoms with Crippen molar-refractivity contribution in [3.63, 3.8) is 0 Å². The van der Waals surface area contributed by atoms with Crippen molar-refractivity contribution < 1.29 is 22.7 Å². The highest BCUT2D eigenvalue weighted by molar-refractivity contribution is 7.89. The average Bonchev–Trinajstić information content (AvgIpc) is 3.48. The molecule has 1 saturated carbocycles. The normalized spacial score (nSPS) is 17.1. The second-order valence-electron chi connectivity index (χ2n) is 11.1. The Morgan fingerprint density at radius 2 is 1.77 bits per heavy atom. The number of carbonyl (C=O) groups excluding carboxylic acids is 2. The van der Waals surface area contributed by atoms with Crippen LogP contribution in [0.25, 0.3) is 23.0 Å². The minimum Gasteiger partial charge on any atom is -0.466 e. The van der Waals surface area contributed by atoms with Crippen molar-refractivity contribution in [3.8, 4) is 23.0 Å². The smallest absolute Gasteiger partial charge is 0.309 e. The van der Waals surface area contributed by atoms with Crippen molar-refractivity contribution in [1.82, 2.24) is 19.4 Å². The summed E-state index contributed by atoms with van der Waals surface area (Å²) in [7, 11) is -3.85. The number of ether oxygens (including phenoxy) is 1. The Kier molecular flexibility index (Phi) is 9.92. The van der Waals surface area contributed by atoms with E-state index in [1.807, 2.05) is 36.4 Å². The Bertz CT molecular complexity index is 1660. The molecule has 10 nitrogen and oxygen atoms in total. The van der Waals surface area contributed by atoms with Crippen LogP contribution in [0.3, 0.4) is 0 Å². The lowest BCUT2D eigenvalue weighted by molar-refractivity contribution is -0.149. The first kappa shape index (κ1) is 31.2. The van der Waals surface area contributed by atoms with Crippen LogP contribution in [0, 0.1) is 17.2 Å². The van der Waals surface area contributed by atoms with Crippen molar-refractivity contribution >= 4 is 28.0 Å². The van der Waals surface area contributed by atoms with E-state index in [4.69, 9.17) is 9.84 Å². The Morgan fingerprint density at radius 3 is 2.45 bits per heavy atom. The van der Waals surface area contributed by atoms with Crippen LogP contribution >= 0.6 is 0 Å². The first-order valence-electron chi connectivity index (χ1n) is 15.1. The highest BCUT2D eigenvalue weighted by atomic mass is 32.2. The minimum absolute atomic E-state index is 0.0438. The quantitative estimate of drug-likeness (QED) is 0.206. The fourth-order valence-corrected chi connectivity index (χ4v) is 7.31. The van der Waals surface area contributed by atoms with E-state index in [1.54, 1.807) is 36.0 Å². The van der Waals surface area contributed by atoms with Gasteiger partial charge in [0.05, 0.1) is 23.1 Å². The molecule has 1 N–H and O–H groups in total. The lowest BCUT2D eigenvalue weighted by Gasteiger charge is -2.30. The summed E-state index contributed by atoms with van der Waals surface area (Å²) >= 11 is 0. The lowest BCUT2D eigenvalue weighted by atomic mass is 9.95. The van der Waals surface area contributed by atoms with Gasteiger partial charge in [0.1, 0.15) is 17.3 Å². The fourth-order valence-electron chi connectivity index (χ4n) is 5.79. The standard InChI is InChI=1S/C33H37N5O5S/c1-2-43-33(40)24-16-18-37(19-17-24)44(41,42)30-15-9-10-25(21-30)31-27(23-38(36-31)29-13-7-4-8-14-29)20-26(22-34)32(39)35-28-11-5-3-6-12-28/h4,7-10,13-15,20-21,23-24,28H,2-3,5-6,11-12,16-19H2,1H3,(H,35,39). The summed E-state index contributed by atoms with van der Waals surface area (Å²) in [5, 5.41) is 17.7. The molecule has 0 bridgehead atoms. The zero-order valence-corrected chi connectivity index (χ0v) is 25.6. The highest BCUT2D eigenvalue weighted by Crippen LogP contribution is 2.30. The molecule has 44 heavy (non-hydrogen) atoms. The van der Waals surface area contributed by atoms with E-state index in [1.165, 1.54) is 16.4 Å². The van der Waals surface area contributed by atoms with Crippen LogP contribution in [0.1, 0.15) is 57.4 Å². The van der Waals surface area contributed by atoms with Gasteiger partial charge in [0.25, 0.3) is 5.91 Å². The molecule has 0 radical (unpaired) electrons. The molecule has 2 aliphatic rings. The summed E-state index contributed by atoms with van der Waals surface area (Å²) < 4.78 is 35.5. The molecule has 1 aliphatic carbocycles. The first-order valence-corrected chi connectivity index (χ1v) is 16.6. The van der Waals surface area contributed by atoms with Crippen LogP contribution in [-0.4, -0.2) is 60.1 Å². The molecule has 2 fully saturated rings. The molecule has 1 saturated heterocycles. The number of rotatable bonds is 9. The Balaban J connectivity index is 1.46. The van der Waals surface area contributed by atoms with Gasteiger partial charge in [-0.3, -0.25) is 9.59 Å². The Hall–Kier alpha value is -4.27. The van der Waals surface area contributed by atoms with Gasteiger partial charge in [-0.15, -0.1) is 0 Å². The third-order valence-corrected chi connectivity index (χ3v) is 10.1. The van der Waals surface area contributed by atoms with E-state index >= 15 is 0 Å². The molecule has 0 atom stereocenters. The lowest BCUT2D eigenvalue weighted by Crippen LogP contribution is -2.40. The van der Waals surface area contributed by atoms with E-state index in [2.05, 4.69) is 5.32 Å². The van der Waals surface area contributed by atoms with Gasteiger partial charge in [-0.05, 0) is 62.9 Å². The van der Waals surface area contributed by atoms with Gasteiger partial charge in [0.2, 0.25) is 10.0 Å². The second-order valence-corrected chi connectivity index (χ2v) is 13.1. The van der Waals surface area contributed by atoms with Gasteiger partial charge >= 0.3 is 5.97 Å². The number of hydrogen-bond acceptors (Lipinski definition) is 7. The molecular weight excluding hydrogens is 578 g/mol. The average molecular weight is 616 g/mol. The molecule has 1 aromatic heterocycles. The molecule has 1 amide bonds. The van der Waals surface area contributed by atoms with Crippen LogP contribution in [0.4, 0.5) is 0 Å². The predicted octanol–water partition coefficient (Wildman–Crippen LogP) is 4.86. The van der Waals surface area contributed by atoms with Crippen LogP contribution in [0.5, 0.6) is 0 Å². The number of para-hydroxylation sites is 1. The van der Waals surface area contributed by atoms with E-state index in [0.29, 0.717) is 36.3 Å². The first-order chi connectivity index (χ1) is 21.3. The molecule has 2 aromatic carbocycles.